The van der Waals surface area contributed by atoms with Crippen molar-refractivity contribution in [3.63, 3.8) is 0 Å². The lowest BCUT2D eigenvalue weighted by Gasteiger charge is -2.25. The molecule has 28 heavy (non-hydrogen) atoms. The van der Waals surface area contributed by atoms with Crippen molar-refractivity contribution in [3.05, 3.63) is 81.4 Å². The third-order valence-corrected chi connectivity index (χ3v) is 5.19. The van der Waals surface area contributed by atoms with Crippen molar-refractivity contribution in [1.82, 2.24) is 19.6 Å². The van der Waals surface area contributed by atoms with E-state index >= 15 is 0 Å². The monoisotopic (exact) mass is 396 g/mol. The molecule has 4 rings (SSSR count). The number of hydrogen-bond acceptors (Lipinski definition) is 4. The number of fused-ring (bicyclic) bond motifs is 1. The van der Waals surface area contributed by atoms with Gasteiger partial charge in [-0.25, -0.2) is 9.78 Å². The lowest BCUT2D eigenvalue weighted by atomic mass is 9.87. The molecule has 1 aliphatic rings. The maximum atomic E-state index is 13.2. The van der Waals surface area contributed by atoms with Crippen molar-refractivity contribution >= 4 is 29.2 Å². The van der Waals surface area contributed by atoms with Crippen molar-refractivity contribution in [2.24, 2.45) is 0 Å². The van der Waals surface area contributed by atoms with E-state index in [1.807, 2.05) is 37.3 Å². The second-order valence-electron chi connectivity index (χ2n) is 6.61. The highest BCUT2D eigenvalue weighted by Crippen LogP contribution is 2.32. The highest BCUT2D eigenvalue weighted by atomic mass is 35.5. The number of amides is 3. The SMILES string of the molecule is CCC1(c2ccccc2)NC(=O)N(Cc2cc(=O)n3cc(Cl)ccc3n2)C1=O. The Morgan fingerprint density at radius 3 is 2.57 bits per heavy atom. The quantitative estimate of drug-likeness (QED) is 0.687. The maximum Gasteiger partial charge on any atom is 0.325 e. The average Bonchev–Trinajstić information content (AvgIpc) is 2.94. The van der Waals surface area contributed by atoms with E-state index in [0.29, 0.717) is 22.8 Å². The van der Waals surface area contributed by atoms with Crippen LogP contribution in [0.1, 0.15) is 24.6 Å². The molecule has 1 unspecified atom stereocenters. The van der Waals surface area contributed by atoms with Gasteiger partial charge in [0.1, 0.15) is 11.2 Å². The van der Waals surface area contributed by atoms with Crippen LogP contribution in [0, 0.1) is 0 Å². The van der Waals surface area contributed by atoms with Gasteiger partial charge in [-0.15, -0.1) is 0 Å². The van der Waals surface area contributed by atoms with Crippen LogP contribution in [0.3, 0.4) is 0 Å². The summed E-state index contributed by atoms with van der Waals surface area (Å²) in [6.07, 6.45) is 1.88. The Labute approximate surface area is 165 Å². The minimum absolute atomic E-state index is 0.0897. The third kappa shape index (κ3) is 2.84. The number of carbonyl (C=O) groups is 2. The molecule has 0 saturated carbocycles. The van der Waals surface area contributed by atoms with Crippen molar-refractivity contribution < 1.29 is 9.59 Å². The number of aromatic nitrogens is 2. The van der Waals surface area contributed by atoms with Gasteiger partial charge in [-0.2, -0.15) is 0 Å². The number of imide groups is 1. The number of benzene rings is 1. The molecule has 142 valence electrons. The first-order chi connectivity index (χ1) is 13.4. The zero-order valence-electron chi connectivity index (χ0n) is 15.1. The number of nitrogens with one attached hydrogen (secondary N) is 1. The molecule has 1 N–H and O–H groups in total. The van der Waals surface area contributed by atoms with Gasteiger partial charge in [0.15, 0.2) is 0 Å². The minimum Gasteiger partial charge on any atom is -0.319 e. The van der Waals surface area contributed by atoms with Crippen LogP contribution in [-0.2, 0) is 16.9 Å². The summed E-state index contributed by atoms with van der Waals surface area (Å²) in [6, 6.07) is 13.2. The third-order valence-electron chi connectivity index (χ3n) is 4.97. The molecule has 1 saturated heterocycles. The summed E-state index contributed by atoms with van der Waals surface area (Å²) in [6.45, 7) is 1.76. The predicted octanol–water partition coefficient (Wildman–Crippen LogP) is 2.71. The molecule has 2 aromatic heterocycles. The Hall–Kier alpha value is -3.19. The fourth-order valence-corrected chi connectivity index (χ4v) is 3.66. The van der Waals surface area contributed by atoms with E-state index in [4.69, 9.17) is 11.6 Å². The molecule has 3 amide bonds. The lowest BCUT2D eigenvalue weighted by molar-refractivity contribution is -0.132. The molecular weight excluding hydrogens is 380 g/mol. The van der Waals surface area contributed by atoms with Crippen molar-refractivity contribution in [3.8, 4) is 0 Å². The van der Waals surface area contributed by atoms with Crippen molar-refractivity contribution in [2.75, 3.05) is 0 Å². The van der Waals surface area contributed by atoms with Crippen LogP contribution >= 0.6 is 11.6 Å². The van der Waals surface area contributed by atoms with E-state index in [-0.39, 0.29) is 18.0 Å². The fourth-order valence-electron chi connectivity index (χ4n) is 3.50. The van der Waals surface area contributed by atoms with Crippen LogP contribution in [0.4, 0.5) is 4.79 Å². The van der Waals surface area contributed by atoms with E-state index < -0.39 is 11.6 Å². The van der Waals surface area contributed by atoms with E-state index in [9.17, 15) is 14.4 Å². The van der Waals surface area contributed by atoms with E-state index in [1.54, 1.807) is 12.1 Å². The first-order valence-corrected chi connectivity index (χ1v) is 9.20. The molecule has 7 nitrogen and oxygen atoms in total. The Morgan fingerprint density at radius 1 is 1.11 bits per heavy atom. The number of rotatable bonds is 4. The first-order valence-electron chi connectivity index (χ1n) is 8.82. The Balaban J connectivity index is 1.70. The number of pyridine rings is 1. The van der Waals surface area contributed by atoms with Crippen LogP contribution in [-0.4, -0.2) is 26.2 Å². The fraction of sp³-hybridized carbons (Fsp3) is 0.200. The number of carbonyl (C=O) groups excluding carboxylic acids is 2. The number of hydrogen-bond donors (Lipinski definition) is 1. The smallest absolute Gasteiger partial charge is 0.319 e. The summed E-state index contributed by atoms with van der Waals surface area (Å²) < 4.78 is 1.32. The lowest BCUT2D eigenvalue weighted by Crippen LogP contribution is -2.43. The number of nitrogens with zero attached hydrogens (tertiary/aromatic N) is 3. The maximum absolute atomic E-state index is 13.2. The molecule has 0 aliphatic carbocycles. The molecule has 1 fully saturated rings. The van der Waals surface area contributed by atoms with Gasteiger partial charge in [-0.05, 0) is 24.1 Å². The topological polar surface area (TPSA) is 83.8 Å². The normalized spacial score (nSPS) is 19.3. The summed E-state index contributed by atoms with van der Waals surface area (Å²) in [4.78, 5) is 43.6. The summed E-state index contributed by atoms with van der Waals surface area (Å²) in [5, 5.41) is 3.23. The van der Waals surface area contributed by atoms with Gasteiger partial charge in [0, 0.05) is 12.3 Å². The standard InChI is InChI=1S/C20H17ClN4O3/c1-2-20(13-6-4-3-5-7-13)18(27)25(19(28)23-20)12-15-10-17(26)24-11-14(21)8-9-16(24)22-15/h3-11H,2,12H2,1H3,(H,23,28). The Kier molecular flexibility index (Phi) is 4.39. The van der Waals surface area contributed by atoms with Crippen LogP contribution in [0.15, 0.2) is 59.5 Å². The minimum atomic E-state index is -1.11. The number of urea groups is 1. The number of halogens is 1. The first kappa shape index (κ1) is 18.2. The van der Waals surface area contributed by atoms with Gasteiger partial charge in [0.05, 0.1) is 17.3 Å². The van der Waals surface area contributed by atoms with Crippen molar-refractivity contribution in [2.45, 2.75) is 25.4 Å². The zero-order valence-corrected chi connectivity index (χ0v) is 15.8. The molecule has 8 heteroatoms. The highest BCUT2D eigenvalue weighted by Gasteiger charge is 2.51. The van der Waals surface area contributed by atoms with Gasteiger partial charge >= 0.3 is 6.03 Å². The zero-order chi connectivity index (χ0) is 19.9. The van der Waals surface area contributed by atoms with E-state index in [0.717, 1.165) is 10.5 Å². The largest absolute Gasteiger partial charge is 0.325 e. The molecule has 0 spiro atoms. The van der Waals surface area contributed by atoms with Crippen LogP contribution in [0.5, 0.6) is 0 Å². The van der Waals surface area contributed by atoms with Crippen LogP contribution in [0.25, 0.3) is 5.65 Å². The van der Waals surface area contributed by atoms with E-state index in [2.05, 4.69) is 10.3 Å². The second kappa shape index (κ2) is 6.76. The van der Waals surface area contributed by atoms with Gasteiger partial charge in [-0.1, -0.05) is 48.9 Å². The predicted molar refractivity (Wildman–Crippen MR) is 104 cm³/mol. The van der Waals surface area contributed by atoms with E-state index in [1.165, 1.54) is 16.7 Å². The molecule has 0 bridgehead atoms. The molecule has 1 atom stereocenters. The Bertz CT molecular complexity index is 1150. The molecular formula is C20H17ClN4O3. The molecule has 1 aromatic carbocycles. The van der Waals surface area contributed by atoms with Gasteiger partial charge in [-0.3, -0.25) is 18.9 Å². The van der Waals surface area contributed by atoms with Gasteiger partial charge < -0.3 is 5.32 Å². The molecule has 3 heterocycles. The second-order valence-corrected chi connectivity index (χ2v) is 7.04. The summed E-state index contributed by atoms with van der Waals surface area (Å²) in [7, 11) is 0. The van der Waals surface area contributed by atoms with Crippen molar-refractivity contribution in [1.29, 1.82) is 0 Å². The summed E-state index contributed by atoms with van der Waals surface area (Å²) in [5.41, 5.74) is -0.00365. The molecule has 3 aromatic rings. The molecule has 0 radical (unpaired) electrons. The average molecular weight is 397 g/mol. The van der Waals surface area contributed by atoms with Gasteiger partial charge in [0.25, 0.3) is 11.5 Å². The van der Waals surface area contributed by atoms with Gasteiger partial charge in [0.2, 0.25) is 0 Å². The summed E-state index contributed by atoms with van der Waals surface area (Å²) in [5.74, 6) is -0.357. The summed E-state index contributed by atoms with van der Waals surface area (Å²) >= 11 is 5.92. The Morgan fingerprint density at radius 2 is 1.86 bits per heavy atom. The van der Waals surface area contributed by atoms with Crippen LogP contribution < -0.4 is 10.9 Å². The highest BCUT2D eigenvalue weighted by molar-refractivity contribution is 6.30. The molecule has 1 aliphatic heterocycles. The van der Waals surface area contributed by atoms with Crippen LogP contribution in [0.2, 0.25) is 5.02 Å².